The van der Waals surface area contributed by atoms with Gasteiger partial charge in [-0.3, -0.25) is 0 Å². The van der Waals surface area contributed by atoms with Crippen molar-refractivity contribution in [2.45, 2.75) is 13.0 Å². The molecule has 0 radical (unpaired) electrons. The Morgan fingerprint density at radius 1 is 0.846 bits per heavy atom. The average Bonchev–Trinajstić information content (AvgIpc) is 3.06. The molecule has 0 fully saturated rings. The molecule has 1 atom stereocenters. The first-order chi connectivity index (χ1) is 12.7. The monoisotopic (exact) mass is 358 g/mol. The fraction of sp³-hybridized carbons (Fsp3) is 0.0870. The third-order valence-corrected chi connectivity index (χ3v) is 4.84. The van der Waals surface area contributed by atoms with Gasteiger partial charge in [0, 0.05) is 5.02 Å². The Kier molecular flexibility index (Phi) is 4.59. The number of rotatable bonds is 4. The summed E-state index contributed by atoms with van der Waals surface area (Å²) in [7, 11) is 0. The van der Waals surface area contributed by atoms with Crippen molar-refractivity contribution in [3.05, 3.63) is 101 Å². The van der Waals surface area contributed by atoms with Crippen molar-refractivity contribution < 1.29 is 0 Å². The largest absolute Gasteiger partial charge is 0.317 e. The van der Waals surface area contributed by atoms with Crippen LogP contribution in [0.5, 0.6) is 0 Å². The van der Waals surface area contributed by atoms with Crippen molar-refractivity contribution in [2.24, 2.45) is 0 Å². The lowest BCUT2D eigenvalue weighted by molar-refractivity contribution is 0.652. The molecule has 0 N–H and O–H groups in total. The van der Waals surface area contributed by atoms with Crippen LogP contribution in [0.25, 0.3) is 23.2 Å². The van der Waals surface area contributed by atoms with E-state index in [0.29, 0.717) is 0 Å². The molecule has 2 nitrogen and oxygen atoms in total. The summed E-state index contributed by atoms with van der Waals surface area (Å²) in [4.78, 5) is 4.84. The fourth-order valence-corrected chi connectivity index (χ4v) is 3.34. The molecule has 1 heterocycles. The van der Waals surface area contributed by atoms with Crippen molar-refractivity contribution in [3.63, 3.8) is 0 Å². The molecular formula is C23H19ClN2. The van der Waals surface area contributed by atoms with Crippen molar-refractivity contribution in [1.82, 2.24) is 9.55 Å². The van der Waals surface area contributed by atoms with Gasteiger partial charge < -0.3 is 4.57 Å². The minimum Gasteiger partial charge on any atom is -0.317 e. The number of benzene rings is 3. The molecule has 0 saturated carbocycles. The second-order valence-electron chi connectivity index (χ2n) is 6.30. The molecule has 0 aliphatic heterocycles. The Morgan fingerprint density at radius 2 is 1.54 bits per heavy atom. The van der Waals surface area contributed by atoms with E-state index in [0.717, 1.165) is 27.4 Å². The van der Waals surface area contributed by atoms with E-state index in [2.05, 4.69) is 66.1 Å². The molecule has 26 heavy (non-hydrogen) atoms. The molecule has 0 spiro atoms. The Balaban J connectivity index is 1.80. The lowest BCUT2D eigenvalue weighted by Gasteiger charge is -2.17. The van der Waals surface area contributed by atoms with Crippen LogP contribution < -0.4 is 0 Å². The summed E-state index contributed by atoms with van der Waals surface area (Å²) in [6, 6.07) is 26.8. The van der Waals surface area contributed by atoms with E-state index in [9.17, 15) is 0 Å². The highest BCUT2D eigenvalue weighted by Gasteiger charge is 2.15. The number of fused-ring (bicyclic) bond motifs is 1. The maximum absolute atomic E-state index is 5.98. The van der Waals surface area contributed by atoms with Gasteiger partial charge in [0.05, 0.1) is 17.1 Å². The molecule has 0 aliphatic rings. The lowest BCUT2D eigenvalue weighted by Crippen LogP contribution is -2.08. The van der Waals surface area contributed by atoms with E-state index in [4.69, 9.17) is 16.6 Å². The summed E-state index contributed by atoms with van der Waals surface area (Å²) in [6.07, 6.45) is 4.15. The zero-order chi connectivity index (χ0) is 17.9. The molecule has 4 aromatic rings. The van der Waals surface area contributed by atoms with Crippen LogP contribution in [-0.4, -0.2) is 9.55 Å². The Labute approximate surface area is 158 Å². The number of nitrogens with zero attached hydrogens (tertiary/aromatic N) is 2. The SMILES string of the molecule is C[C@@H](c1ccccc1)n1c(/C=C/c2ccc(Cl)cc2)nc2ccccc21. The van der Waals surface area contributed by atoms with Gasteiger partial charge in [0.25, 0.3) is 0 Å². The predicted octanol–water partition coefficient (Wildman–Crippen LogP) is 6.47. The Morgan fingerprint density at radius 3 is 2.31 bits per heavy atom. The van der Waals surface area contributed by atoms with Crippen LogP contribution in [0.3, 0.4) is 0 Å². The number of imidazole rings is 1. The molecule has 3 aromatic carbocycles. The molecule has 0 saturated heterocycles. The Bertz CT molecular complexity index is 1050. The van der Waals surface area contributed by atoms with Gasteiger partial charge in [-0.15, -0.1) is 0 Å². The van der Waals surface area contributed by atoms with Crippen molar-refractivity contribution >= 4 is 34.8 Å². The van der Waals surface area contributed by atoms with E-state index in [1.165, 1.54) is 5.56 Å². The molecule has 1 aromatic heterocycles. The highest BCUT2D eigenvalue weighted by Crippen LogP contribution is 2.27. The van der Waals surface area contributed by atoms with E-state index in [-0.39, 0.29) is 6.04 Å². The van der Waals surface area contributed by atoms with E-state index in [1.807, 2.05) is 36.4 Å². The standard InChI is InChI=1S/C23H19ClN2/c1-17(19-7-3-2-4-8-19)26-22-10-6-5-9-21(22)25-23(26)16-13-18-11-14-20(24)15-12-18/h2-17H,1H3/b16-13+/t17-/m0/s1. The van der Waals surface area contributed by atoms with Gasteiger partial charge in [0.15, 0.2) is 0 Å². The zero-order valence-electron chi connectivity index (χ0n) is 14.5. The van der Waals surface area contributed by atoms with Gasteiger partial charge in [0.1, 0.15) is 5.82 Å². The fourth-order valence-electron chi connectivity index (χ4n) is 3.21. The maximum Gasteiger partial charge on any atom is 0.134 e. The first-order valence-corrected chi connectivity index (χ1v) is 9.06. The van der Waals surface area contributed by atoms with Gasteiger partial charge >= 0.3 is 0 Å². The van der Waals surface area contributed by atoms with Crippen LogP contribution >= 0.6 is 11.6 Å². The Hall–Kier alpha value is -2.84. The summed E-state index contributed by atoms with van der Waals surface area (Å²) in [5.41, 5.74) is 4.50. The summed E-state index contributed by atoms with van der Waals surface area (Å²) in [5, 5.41) is 0.743. The summed E-state index contributed by atoms with van der Waals surface area (Å²) in [5.74, 6) is 0.942. The average molecular weight is 359 g/mol. The van der Waals surface area contributed by atoms with Crippen LogP contribution in [0.15, 0.2) is 78.9 Å². The number of aromatic nitrogens is 2. The second-order valence-corrected chi connectivity index (χ2v) is 6.74. The van der Waals surface area contributed by atoms with E-state index >= 15 is 0 Å². The third-order valence-electron chi connectivity index (χ3n) is 4.59. The summed E-state index contributed by atoms with van der Waals surface area (Å²) >= 11 is 5.98. The van der Waals surface area contributed by atoms with Gasteiger partial charge in [-0.25, -0.2) is 4.98 Å². The van der Waals surface area contributed by atoms with Crippen LogP contribution in [0.2, 0.25) is 5.02 Å². The van der Waals surface area contributed by atoms with Crippen LogP contribution in [-0.2, 0) is 0 Å². The summed E-state index contributed by atoms with van der Waals surface area (Å²) < 4.78 is 2.29. The minimum absolute atomic E-state index is 0.188. The molecule has 3 heteroatoms. The highest BCUT2D eigenvalue weighted by molar-refractivity contribution is 6.30. The lowest BCUT2D eigenvalue weighted by atomic mass is 10.1. The van der Waals surface area contributed by atoms with Crippen LogP contribution in [0.1, 0.15) is 29.9 Å². The van der Waals surface area contributed by atoms with Crippen LogP contribution in [0, 0.1) is 0 Å². The molecule has 0 aliphatic carbocycles. The highest BCUT2D eigenvalue weighted by atomic mass is 35.5. The first-order valence-electron chi connectivity index (χ1n) is 8.68. The smallest absolute Gasteiger partial charge is 0.134 e. The summed E-state index contributed by atoms with van der Waals surface area (Å²) in [6.45, 7) is 2.21. The van der Waals surface area contributed by atoms with E-state index < -0.39 is 0 Å². The molecule has 0 bridgehead atoms. The van der Waals surface area contributed by atoms with E-state index in [1.54, 1.807) is 0 Å². The first kappa shape index (κ1) is 16.6. The van der Waals surface area contributed by atoms with Gasteiger partial charge in [-0.05, 0) is 48.4 Å². The quantitative estimate of drug-likeness (QED) is 0.408. The normalized spacial score (nSPS) is 12.7. The topological polar surface area (TPSA) is 17.8 Å². The molecule has 0 unspecified atom stereocenters. The molecule has 0 amide bonds. The van der Waals surface area contributed by atoms with Gasteiger partial charge in [-0.2, -0.15) is 0 Å². The number of hydrogen-bond donors (Lipinski definition) is 0. The van der Waals surface area contributed by atoms with Crippen LogP contribution in [0.4, 0.5) is 0 Å². The van der Waals surface area contributed by atoms with Gasteiger partial charge in [-0.1, -0.05) is 72.3 Å². The van der Waals surface area contributed by atoms with Gasteiger partial charge in [0.2, 0.25) is 0 Å². The minimum atomic E-state index is 0.188. The molecular weight excluding hydrogens is 340 g/mol. The zero-order valence-corrected chi connectivity index (χ0v) is 15.3. The third kappa shape index (κ3) is 3.29. The molecule has 4 rings (SSSR count). The second kappa shape index (κ2) is 7.19. The van der Waals surface area contributed by atoms with Crippen molar-refractivity contribution in [3.8, 4) is 0 Å². The molecule has 128 valence electrons. The number of para-hydroxylation sites is 2. The number of halogens is 1. The maximum atomic E-state index is 5.98. The number of hydrogen-bond acceptors (Lipinski definition) is 1. The van der Waals surface area contributed by atoms with Crippen molar-refractivity contribution in [1.29, 1.82) is 0 Å². The predicted molar refractivity (Wildman–Crippen MR) is 110 cm³/mol. The van der Waals surface area contributed by atoms with Crippen molar-refractivity contribution in [2.75, 3.05) is 0 Å².